The van der Waals surface area contributed by atoms with Crippen LogP contribution in [0.25, 0.3) is 0 Å². The molecule has 4 heteroatoms. The molecule has 4 nitrogen and oxygen atoms in total. The summed E-state index contributed by atoms with van der Waals surface area (Å²) in [6, 6.07) is 12.5. The van der Waals surface area contributed by atoms with Crippen molar-refractivity contribution in [1.29, 1.82) is 0 Å². The van der Waals surface area contributed by atoms with Crippen molar-refractivity contribution in [3.8, 4) is 5.75 Å². The minimum atomic E-state index is -0.224. The predicted molar refractivity (Wildman–Crippen MR) is 69.8 cm³/mol. The maximum Gasteiger partial charge on any atom is 0.260 e. The topological polar surface area (TPSA) is 51.2 Å². The molecule has 1 aromatic carbocycles. The van der Waals surface area contributed by atoms with Crippen LogP contribution in [-0.4, -0.2) is 17.5 Å². The molecule has 0 saturated carbocycles. The highest BCUT2D eigenvalue weighted by molar-refractivity contribution is 6.05. The number of nitrogens with zero attached hydrogens (tertiary/aromatic N) is 1. The molecule has 2 rings (SSSR count). The number of anilines is 1. The Morgan fingerprint density at radius 1 is 1.22 bits per heavy atom. The highest BCUT2D eigenvalue weighted by Crippen LogP contribution is 2.19. The van der Waals surface area contributed by atoms with Crippen LogP contribution in [0.3, 0.4) is 0 Å². The molecule has 0 saturated heterocycles. The summed E-state index contributed by atoms with van der Waals surface area (Å²) in [5.41, 5.74) is 0.505. The van der Waals surface area contributed by atoms with Gasteiger partial charge in [0.05, 0.1) is 12.2 Å². The Morgan fingerprint density at radius 2 is 2.00 bits per heavy atom. The molecule has 2 aromatic rings. The van der Waals surface area contributed by atoms with Gasteiger partial charge in [-0.2, -0.15) is 0 Å². The number of carbonyl (C=O) groups is 1. The maximum absolute atomic E-state index is 12.1. The second-order valence-corrected chi connectivity index (χ2v) is 3.60. The Hall–Kier alpha value is -2.36. The third kappa shape index (κ3) is 2.85. The van der Waals surface area contributed by atoms with E-state index in [4.69, 9.17) is 4.74 Å². The monoisotopic (exact) mass is 242 g/mol. The highest BCUT2D eigenvalue weighted by Gasteiger charge is 2.11. The molecule has 0 aliphatic heterocycles. The number of carbonyl (C=O) groups excluding carboxylic acids is 1. The van der Waals surface area contributed by atoms with E-state index in [9.17, 15) is 4.79 Å². The van der Waals surface area contributed by atoms with Crippen molar-refractivity contribution in [2.45, 2.75) is 6.92 Å². The SMILES string of the molecule is CCOc1ccccc1C(=O)Nc1ccccn1. The molecule has 1 aromatic heterocycles. The van der Waals surface area contributed by atoms with Gasteiger partial charge in [-0.05, 0) is 31.2 Å². The lowest BCUT2D eigenvalue weighted by molar-refractivity contribution is 0.102. The summed E-state index contributed by atoms with van der Waals surface area (Å²) in [5, 5.41) is 2.73. The molecule has 1 amide bonds. The minimum absolute atomic E-state index is 0.224. The Bertz CT molecular complexity index is 526. The third-order valence-electron chi connectivity index (χ3n) is 2.34. The summed E-state index contributed by atoms with van der Waals surface area (Å²) >= 11 is 0. The molecule has 0 aliphatic carbocycles. The first-order valence-corrected chi connectivity index (χ1v) is 5.75. The number of hydrogen-bond donors (Lipinski definition) is 1. The van der Waals surface area contributed by atoms with Crippen LogP contribution in [0.1, 0.15) is 17.3 Å². The van der Waals surface area contributed by atoms with Gasteiger partial charge in [0.15, 0.2) is 0 Å². The molecule has 1 N–H and O–H groups in total. The lowest BCUT2D eigenvalue weighted by atomic mass is 10.2. The van der Waals surface area contributed by atoms with Crippen molar-refractivity contribution >= 4 is 11.7 Å². The van der Waals surface area contributed by atoms with Gasteiger partial charge in [-0.1, -0.05) is 18.2 Å². The number of amides is 1. The number of hydrogen-bond acceptors (Lipinski definition) is 3. The molecule has 92 valence electrons. The number of nitrogens with one attached hydrogen (secondary N) is 1. The van der Waals surface area contributed by atoms with E-state index >= 15 is 0 Å². The van der Waals surface area contributed by atoms with Gasteiger partial charge in [0.2, 0.25) is 0 Å². The van der Waals surface area contributed by atoms with E-state index < -0.39 is 0 Å². The van der Waals surface area contributed by atoms with E-state index in [0.29, 0.717) is 23.7 Å². The summed E-state index contributed by atoms with van der Waals surface area (Å²) in [4.78, 5) is 16.1. The Balaban J connectivity index is 2.19. The average Bonchev–Trinajstić information content (AvgIpc) is 2.41. The largest absolute Gasteiger partial charge is 0.493 e. The van der Waals surface area contributed by atoms with E-state index in [0.717, 1.165) is 0 Å². The van der Waals surface area contributed by atoms with Crippen molar-refractivity contribution in [3.05, 3.63) is 54.2 Å². The van der Waals surface area contributed by atoms with Gasteiger partial charge in [-0.15, -0.1) is 0 Å². The zero-order chi connectivity index (χ0) is 12.8. The van der Waals surface area contributed by atoms with E-state index in [1.165, 1.54) is 0 Å². The van der Waals surface area contributed by atoms with Crippen molar-refractivity contribution in [2.75, 3.05) is 11.9 Å². The zero-order valence-corrected chi connectivity index (χ0v) is 10.1. The number of ether oxygens (including phenoxy) is 1. The quantitative estimate of drug-likeness (QED) is 0.896. The lowest BCUT2D eigenvalue weighted by Crippen LogP contribution is -2.14. The van der Waals surface area contributed by atoms with Crippen molar-refractivity contribution in [1.82, 2.24) is 4.98 Å². The van der Waals surface area contributed by atoms with Gasteiger partial charge in [0.25, 0.3) is 5.91 Å². The summed E-state index contributed by atoms with van der Waals surface area (Å²) in [6.45, 7) is 2.40. The average molecular weight is 242 g/mol. The van der Waals surface area contributed by atoms with Crippen LogP contribution < -0.4 is 10.1 Å². The van der Waals surface area contributed by atoms with Crippen LogP contribution >= 0.6 is 0 Å². The van der Waals surface area contributed by atoms with Crippen LogP contribution in [0.15, 0.2) is 48.7 Å². The molecular weight excluding hydrogens is 228 g/mol. The normalized spacial score (nSPS) is 9.83. The van der Waals surface area contributed by atoms with E-state index in [-0.39, 0.29) is 5.91 Å². The van der Waals surface area contributed by atoms with Gasteiger partial charge in [0.1, 0.15) is 11.6 Å². The van der Waals surface area contributed by atoms with Crippen molar-refractivity contribution in [2.24, 2.45) is 0 Å². The summed E-state index contributed by atoms with van der Waals surface area (Å²) in [6.07, 6.45) is 1.63. The lowest BCUT2D eigenvalue weighted by Gasteiger charge is -2.09. The predicted octanol–water partition coefficient (Wildman–Crippen LogP) is 2.73. The molecule has 0 radical (unpaired) electrons. The summed E-state index contributed by atoms with van der Waals surface area (Å²) in [7, 11) is 0. The van der Waals surface area contributed by atoms with E-state index in [1.54, 1.807) is 36.5 Å². The first-order chi connectivity index (χ1) is 8.81. The van der Waals surface area contributed by atoms with Crippen molar-refractivity contribution in [3.63, 3.8) is 0 Å². The first-order valence-electron chi connectivity index (χ1n) is 5.75. The Morgan fingerprint density at radius 3 is 2.72 bits per heavy atom. The smallest absolute Gasteiger partial charge is 0.260 e. The standard InChI is InChI=1S/C14H14N2O2/c1-2-18-12-8-4-3-7-11(12)14(17)16-13-9-5-6-10-15-13/h3-10H,2H2,1H3,(H,15,16,17). The van der Waals surface area contributed by atoms with Crippen LogP contribution in [0.2, 0.25) is 0 Å². The Labute approximate surface area is 106 Å². The summed E-state index contributed by atoms with van der Waals surface area (Å²) in [5.74, 6) is 0.875. The molecule has 0 fully saturated rings. The molecular formula is C14H14N2O2. The molecule has 0 atom stereocenters. The zero-order valence-electron chi connectivity index (χ0n) is 10.1. The minimum Gasteiger partial charge on any atom is -0.493 e. The van der Waals surface area contributed by atoms with Crippen LogP contribution in [-0.2, 0) is 0 Å². The van der Waals surface area contributed by atoms with Gasteiger partial charge in [-0.25, -0.2) is 4.98 Å². The molecule has 18 heavy (non-hydrogen) atoms. The highest BCUT2D eigenvalue weighted by atomic mass is 16.5. The van der Waals surface area contributed by atoms with Crippen molar-refractivity contribution < 1.29 is 9.53 Å². The number of benzene rings is 1. The van der Waals surface area contributed by atoms with E-state index in [1.807, 2.05) is 19.1 Å². The summed E-state index contributed by atoms with van der Waals surface area (Å²) < 4.78 is 5.41. The second kappa shape index (κ2) is 5.82. The first kappa shape index (κ1) is 12.1. The van der Waals surface area contributed by atoms with Gasteiger partial charge < -0.3 is 10.1 Å². The fourth-order valence-electron chi connectivity index (χ4n) is 1.56. The number of pyridine rings is 1. The number of para-hydroxylation sites is 1. The van der Waals surface area contributed by atoms with Gasteiger partial charge in [0, 0.05) is 6.20 Å². The molecule has 1 heterocycles. The van der Waals surface area contributed by atoms with Gasteiger partial charge in [-0.3, -0.25) is 4.79 Å². The molecule has 0 bridgehead atoms. The fraction of sp³-hybridized carbons (Fsp3) is 0.143. The Kier molecular flexibility index (Phi) is 3.91. The number of rotatable bonds is 4. The fourth-order valence-corrected chi connectivity index (χ4v) is 1.56. The van der Waals surface area contributed by atoms with Gasteiger partial charge >= 0.3 is 0 Å². The second-order valence-electron chi connectivity index (χ2n) is 3.60. The molecule has 0 unspecified atom stereocenters. The molecule has 0 spiro atoms. The van der Waals surface area contributed by atoms with Crippen LogP contribution in [0.4, 0.5) is 5.82 Å². The van der Waals surface area contributed by atoms with E-state index in [2.05, 4.69) is 10.3 Å². The van der Waals surface area contributed by atoms with Crippen LogP contribution in [0, 0.1) is 0 Å². The number of aromatic nitrogens is 1. The third-order valence-corrected chi connectivity index (χ3v) is 2.34. The van der Waals surface area contributed by atoms with Crippen LogP contribution in [0.5, 0.6) is 5.75 Å². The maximum atomic E-state index is 12.1. The molecule has 0 aliphatic rings.